The fourth-order valence-electron chi connectivity index (χ4n) is 1.62. The van der Waals surface area contributed by atoms with Gasteiger partial charge in [-0.15, -0.1) is 0 Å². The second-order valence-corrected chi connectivity index (χ2v) is 3.97. The molecule has 4 nitrogen and oxygen atoms in total. The first kappa shape index (κ1) is 13.1. The maximum absolute atomic E-state index is 14.2. The van der Waals surface area contributed by atoms with Crippen molar-refractivity contribution in [2.75, 3.05) is 6.61 Å². The summed E-state index contributed by atoms with van der Waals surface area (Å²) in [6.45, 7) is 3.75. The molecule has 2 rings (SSSR count). The average molecular weight is 260 g/mol. The quantitative estimate of drug-likeness (QED) is 0.796. The van der Waals surface area contributed by atoms with Gasteiger partial charge in [0.15, 0.2) is 11.5 Å². The topological polar surface area (TPSA) is 52.1 Å². The number of hydrogen-bond donors (Lipinski definition) is 0. The number of aryl methyl sites for hydroxylation is 1. The number of halogens is 1. The summed E-state index contributed by atoms with van der Waals surface area (Å²) >= 11 is 0. The summed E-state index contributed by atoms with van der Waals surface area (Å²) in [5.74, 6) is -1.54. The molecule has 0 bridgehead atoms. The Balaban J connectivity index is 2.45. The van der Waals surface area contributed by atoms with Crippen LogP contribution in [0.15, 0.2) is 30.6 Å². The minimum atomic E-state index is -0.782. The molecular weight excluding hydrogens is 247 g/mol. The second-order valence-electron chi connectivity index (χ2n) is 3.97. The molecule has 0 spiro atoms. The zero-order valence-corrected chi connectivity index (χ0v) is 10.7. The third-order valence-electron chi connectivity index (χ3n) is 2.58. The van der Waals surface area contributed by atoms with E-state index in [4.69, 9.17) is 4.74 Å². The van der Waals surface area contributed by atoms with Gasteiger partial charge in [0.2, 0.25) is 0 Å². The van der Waals surface area contributed by atoms with Gasteiger partial charge < -0.3 is 4.74 Å². The Hall–Kier alpha value is -2.30. The van der Waals surface area contributed by atoms with Gasteiger partial charge in [-0.2, -0.15) is 0 Å². The molecule has 0 atom stereocenters. The molecular formula is C14H13FN2O2. The molecule has 0 saturated carbocycles. The Labute approximate surface area is 110 Å². The van der Waals surface area contributed by atoms with E-state index in [1.54, 1.807) is 19.1 Å². The fraction of sp³-hybridized carbons (Fsp3) is 0.214. The van der Waals surface area contributed by atoms with E-state index < -0.39 is 11.8 Å². The van der Waals surface area contributed by atoms with Crippen LogP contribution in [0, 0.1) is 12.7 Å². The highest BCUT2D eigenvalue weighted by Crippen LogP contribution is 2.22. The Kier molecular flexibility index (Phi) is 3.85. The Morgan fingerprint density at radius 3 is 2.58 bits per heavy atom. The van der Waals surface area contributed by atoms with Gasteiger partial charge in [-0.1, -0.05) is 29.8 Å². The highest BCUT2D eigenvalue weighted by Gasteiger charge is 2.19. The van der Waals surface area contributed by atoms with E-state index in [0.717, 1.165) is 11.9 Å². The third kappa shape index (κ3) is 2.76. The van der Waals surface area contributed by atoms with Gasteiger partial charge in [-0.3, -0.25) is 0 Å². The summed E-state index contributed by atoms with van der Waals surface area (Å²) < 4.78 is 19.0. The maximum atomic E-state index is 14.2. The van der Waals surface area contributed by atoms with Gasteiger partial charge >= 0.3 is 5.97 Å². The number of carbonyl (C=O) groups is 1. The van der Waals surface area contributed by atoms with Crippen molar-refractivity contribution in [2.45, 2.75) is 13.8 Å². The lowest BCUT2D eigenvalue weighted by Gasteiger charge is -2.06. The van der Waals surface area contributed by atoms with Gasteiger partial charge in [0.1, 0.15) is 12.0 Å². The number of hydrogen-bond acceptors (Lipinski definition) is 4. The van der Waals surface area contributed by atoms with Gasteiger partial charge in [-0.05, 0) is 13.8 Å². The molecule has 2 aromatic rings. The first-order valence-electron chi connectivity index (χ1n) is 5.88. The summed E-state index contributed by atoms with van der Waals surface area (Å²) in [7, 11) is 0. The van der Waals surface area contributed by atoms with Crippen LogP contribution in [0.5, 0.6) is 0 Å². The van der Waals surface area contributed by atoms with Crippen molar-refractivity contribution >= 4 is 5.97 Å². The van der Waals surface area contributed by atoms with Crippen LogP contribution in [0.25, 0.3) is 11.3 Å². The predicted octanol–water partition coefficient (Wildman–Crippen LogP) is 2.77. The largest absolute Gasteiger partial charge is 0.461 e. The molecule has 0 fully saturated rings. The van der Waals surface area contributed by atoms with Crippen LogP contribution < -0.4 is 0 Å². The average Bonchev–Trinajstić information content (AvgIpc) is 2.40. The molecule has 0 aliphatic carbocycles. The van der Waals surface area contributed by atoms with Crippen molar-refractivity contribution in [3.8, 4) is 11.3 Å². The van der Waals surface area contributed by atoms with E-state index in [0.29, 0.717) is 5.56 Å². The minimum Gasteiger partial charge on any atom is -0.461 e. The zero-order valence-electron chi connectivity index (χ0n) is 10.7. The zero-order chi connectivity index (χ0) is 13.8. The molecule has 0 saturated heterocycles. The second kappa shape index (κ2) is 5.56. The Bertz CT molecular complexity index is 597. The lowest BCUT2D eigenvalue weighted by Crippen LogP contribution is -2.11. The molecule has 1 aromatic carbocycles. The van der Waals surface area contributed by atoms with Crippen molar-refractivity contribution in [3.05, 3.63) is 47.7 Å². The van der Waals surface area contributed by atoms with Crippen molar-refractivity contribution in [2.24, 2.45) is 0 Å². The normalized spacial score (nSPS) is 10.3. The van der Waals surface area contributed by atoms with Crippen molar-refractivity contribution < 1.29 is 13.9 Å². The number of carbonyl (C=O) groups excluding carboxylic acids is 1. The van der Waals surface area contributed by atoms with Gasteiger partial charge in [0.25, 0.3) is 0 Å². The first-order chi connectivity index (χ1) is 9.13. The third-order valence-corrected chi connectivity index (χ3v) is 2.58. The van der Waals surface area contributed by atoms with Crippen LogP contribution in [0.3, 0.4) is 0 Å². The van der Waals surface area contributed by atoms with Crippen LogP contribution >= 0.6 is 0 Å². The summed E-state index contributed by atoms with van der Waals surface area (Å²) in [4.78, 5) is 19.1. The number of rotatable bonds is 3. The number of nitrogens with zero attached hydrogens (tertiary/aromatic N) is 2. The van der Waals surface area contributed by atoms with E-state index in [2.05, 4.69) is 9.97 Å². The van der Waals surface area contributed by atoms with Gasteiger partial charge in [0.05, 0.1) is 6.61 Å². The van der Waals surface area contributed by atoms with Crippen LogP contribution in [0.1, 0.15) is 23.0 Å². The smallest absolute Gasteiger partial charge is 0.360 e. The van der Waals surface area contributed by atoms with Crippen LogP contribution in [0.2, 0.25) is 0 Å². The lowest BCUT2D eigenvalue weighted by molar-refractivity contribution is 0.0513. The standard InChI is InChI=1S/C14H13FN2O2/c1-3-19-14(18)13-11(15)12(16-8-17-13)10-6-4-9(2)5-7-10/h4-8H,3H2,1-2H3. The van der Waals surface area contributed by atoms with Crippen molar-refractivity contribution in [1.29, 1.82) is 0 Å². The molecule has 19 heavy (non-hydrogen) atoms. The number of aromatic nitrogens is 2. The summed E-state index contributed by atoms with van der Waals surface area (Å²) in [6.07, 6.45) is 1.16. The van der Waals surface area contributed by atoms with Crippen molar-refractivity contribution in [3.63, 3.8) is 0 Å². The molecule has 98 valence electrons. The molecule has 5 heteroatoms. The minimum absolute atomic E-state index is 0.0954. The number of esters is 1. The Morgan fingerprint density at radius 2 is 1.95 bits per heavy atom. The predicted molar refractivity (Wildman–Crippen MR) is 68.1 cm³/mol. The molecule has 0 aliphatic rings. The summed E-state index contributed by atoms with van der Waals surface area (Å²) in [5.41, 5.74) is 1.41. The number of ether oxygens (including phenoxy) is 1. The SMILES string of the molecule is CCOC(=O)c1ncnc(-c2ccc(C)cc2)c1F. The highest BCUT2D eigenvalue weighted by atomic mass is 19.1. The summed E-state index contributed by atoms with van der Waals surface area (Å²) in [5, 5.41) is 0. The van der Waals surface area contributed by atoms with E-state index >= 15 is 0 Å². The van der Waals surface area contributed by atoms with Crippen LogP contribution in [0.4, 0.5) is 4.39 Å². The molecule has 1 heterocycles. The number of benzene rings is 1. The van der Waals surface area contributed by atoms with Crippen LogP contribution in [-0.2, 0) is 4.74 Å². The summed E-state index contributed by atoms with van der Waals surface area (Å²) in [6, 6.07) is 7.19. The molecule has 0 N–H and O–H groups in total. The monoisotopic (exact) mass is 260 g/mol. The van der Waals surface area contributed by atoms with Crippen molar-refractivity contribution in [1.82, 2.24) is 9.97 Å². The Morgan fingerprint density at radius 1 is 1.26 bits per heavy atom. The fourth-order valence-corrected chi connectivity index (χ4v) is 1.62. The molecule has 0 unspecified atom stereocenters. The van der Waals surface area contributed by atoms with E-state index in [1.165, 1.54) is 0 Å². The molecule has 0 radical (unpaired) electrons. The van der Waals surface area contributed by atoms with Gasteiger partial charge in [-0.25, -0.2) is 19.2 Å². The lowest BCUT2D eigenvalue weighted by atomic mass is 10.1. The maximum Gasteiger partial charge on any atom is 0.360 e. The van der Waals surface area contributed by atoms with E-state index in [-0.39, 0.29) is 18.0 Å². The first-order valence-corrected chi connectivity index (χ1v) is 5.88. The van der Waals surface area contributed by atoms with Gasteiger partial charge in [0, 0.05) is 5.56 Å². The highest BCUT2D eigenvalue weighted by molar-refractivity contribution is 5.88. The molecule has 0 aliphatic heterocycles. The van der Waals surface area contributed by atoms with E-state index in [1.807, 2.05) is 19.1 Å². The van der Waals surface area contributed by atoms with E-state index in [9.17, 15) is 9.18 Å². The molecule has 0 amide bonds. The van der Waals surface area contributed by atoms with Crippen LogP contribution in [-0.4, -0.2) is 22.5 Å². The molecule has 1 aromatic heterocycles.